The van der Waals surface area contributed by atoms with Crippen molar-refractivity contribution >= 4 is 23.3 Å². The zero-order chi connectivity index (χ0) is 17.3. The fraction of sp³-hybridized carbons (Fsp3) is 0.706. The first-order chi connectivity index (χ1) is 11.5. The van der Waals surface area contributed by atoms with Gasteiger partial charge in [0.1, 0.15) is 10.5 Å². The highest BCUT2D eigenvalue weighted by atomic mass is 32.1. The van der Waals surface area contributed by atoms with Crippen molar-refractivity contribution < 1.29 is 14.3 Å². The highest BCUT2D eigenvalue weighted by Crippen LogP contribution is 2.35. The molecule has 0 unspecified atom stereocenters. The van der Waals surface area contributed by atoms with Gasteiger partial charge in [-0.3, -0.25) is 4.79 Å². The molecule has 0 N–H and O–H groups in total. The molecule has 2 aliphatic heterocycles. The van der Waals surface area contributed by atoms with E-state index < -0.39 is 5.60 Å². The van der Waals surface area contributed by atoms with Gasteiger partial charge in [-0.15, -0.1) is 11.3 Å². The Hall–Kier alpha value is -1.63. The number of ether oxygens (including phenoxy) is 1. The zero-order valence-electron chi connectivity index (χ0n) is 14.6. The third-order valence-corrected chi connectivity index (χ3v) is 6.05. The largest absolute Gasteiger partial charge is 0.441 e. The van der Waals surface area contributed by atoms with Crippen LogP contribution in [0.25, 0.3) is 0 Å². The van der Waals surface area contributed by atoms with Crippen LogP contribution >= 0.6 is 11.3 Å². The zero-order valence-corrected chi connectivity index (χ0v) is 15.4. The lowest BCUT2D eigenvalue weighted by Crippen LogP contribution is -2.49. The first-order valence-corrected chi connectivity index (χ1v) is 9.53. The molecule has 6 nitrogen and oxygen atoms in total. The quantitative estimate of drug-likeness (QED) is 0.836. The summed E-state index contributed by atoms with van der Waals surface area (Å²) in [5, 5.41) is 0. The third kappa shape index (κ3) is 3.14. The smallest absolute Gasteiger partial charge is 0.410 e. The number of carbonyl (C=O) groups is 2. The molecule has 24 heavy (non-hydrogen) atoms. The summed E-state index contributed by atoms with van der Waals surface area (Å²) in [5.41, 5.74) is 2.08. The highest BCUT2D eigenvalue weighted by molar-refractivity contribution is 7.11. The fourth-order valence-corrected chi connectivity index (χ4v) is 4.36. The molecule has 1 atom stereocenters. The van der Waals surface area contributed by atoms with Gasteiger partial charge in [0, 0.05) is 32.0 Å². The Morgan fingerprint density at radius 3 is 2.75 bits per heavy atom. The Bertz CT molecular complexity index is 622. The van der Waals surface area contributed by atoms with E-state index in [9.17, 15) is 9.59 Å². The van der Waals surface area contributed by atoms with Crippen LogP contribution < -0.4 is 0 Å². The second-order valence-corrected chi connectivity index (χ2v) is 7.73. The van der Waals surface area contributed by atoms with Crippen molar-refractivity contribution in [1.29, 1.82) is 0 Å². The molecule has 1 spiro atoms. The average molecular weight is 351 g/mol. The van der Waals surface area contributed by atoms with Crippen LogP contribution in [-0.2, 0) is 4.74 Å². The van der Waals surface area contributed by atoms with E-state index in [-0.39, 0.29) is 18.0 Å². The van der Waals surface area contributed by atoms with Crippen LogP contribution in [0.5, 0.6) is 0 Å². The summed E-state index contributed by atoms with van der Waals surface area (Å²) >= 11 is 1.39. The van der Waals surface area contributed by atoms with E-state index in [1.54, 1.807) is 5.51 Å². The maximum atomic E-state index is 12.6. The van der Waals surface area contributed by atoms with Crippen LogP contribution in [0.4, 0.5) is 4.79 Å². The second kappa shape index (κ2) is 6.70. The lowest BCUT2D eigenvalue weighted by atomic mass is 9.91. The van der Waals surface area contributed by atoms with E-state index >= 15 is 0 Å². The molecule has 7 heteroatoms. The van der Waals surface area contributed by atoms with E-state index in [1.165, 1.54) is 11.3 Å². The average Bonchev–Trinajstić information content (AvgIpc) is 3.11. The monoisotopic (exact) mass is 351 g/mol. The molecule has 1 aromatic rings. The maximum absolute atomic E-state index is 12.6. The van der Waals surface area contributed by atoms with E-state index in [0.717, 1.165) is 18.5 Å². The van der Waals surface area contributed by atoms with Crippen molar-refractivity contribution in [2.75, 3.05) is 19.6 Å². The topological polar surface area (TPSA) is 62.7 Å². The molecule has 132 valence electrons. The van der Waals surface area contributed by atoms with Gasteiger partial charge in [-0.05, 0) is 20.3 Å². The lowest BCUT2D eigenvalue weighted by Gasteiger charge is -2.37. The fourth-order valence-electron chi connectivity index (χ4n) is 3.59. The van der Waals surface area contributed by atoms with Gasteiger partial charge in [-0.1, -0.05) is 13.3 Å². The van der Waals surface area contributed by atoms with Crippen molar-refractivity contribution in [3.63, 3.8) is 0 Å². The number of hydrogen-bond donors (Lipinski definition) is 0. The molecule has 0 bridgehead atoms. The third-order valence-electron chi connectivity index (χ3n) is 5.14. The summed E-state index contributed by atoms with van der Waals surface area (Å²) in [7, 11) is 0. The SMILES string of the molecule is CCC[C@@H](C)N1CC2(CCN(C(=O)c3scnc3C)CC2)OC1=O. The summed E-state index contributed by atoms with van der Waals surface area (Å²) in [6.07, 6.45) is 3.25. The molecule has 2 amide bonds. The number of rotatable bonds is 4. The van der Waals surface area contributed by atoms with Crippen LogP contribution in [0.1, 0.15) is 54.9 Å². The van der Waals surface area contributed by atoms with E-state index in [2.05, 4.69) is 18.8 Å². The molecule has 3 heterocycles. The van der Waals surface area contributed by atoms with Crippen LogP contribution in [0.2, 0.25) is 0 Å². The number of aromatic nitrogens is 1. The maximum Gasteiger partial charge on any atom is 0.410 e. The number of aryl methyl sites for hydroxylation is 1. The first kappa shape index (κ1) is 17.2. The summed E-state index contributed by atoms with van der Waals surface area (Å²) < 4.78 is 5.75. The number of carbonyl (C=O) groups excluding carboxylic acids is 2. The minimum Gasteiger partial charge on any atom is -0.441 e. The Morgan fingerprint density at radius 1 is 1.46 bits per heavy atom. The van der Waals surface area contributed by atoms with Gasteiger partial charge in [0.05, 0.1) is 17.7 Å². The van der Waals surface area contributed by atoms with Crippen molar-refractivity contribution in [2.24, 2.45) is 0 Å². The van der Waals surface area contributed by atoms with Crippen LogP contribution in [0.3, 0.4) is 0 Å². The van der Waals surface area contributed by atoms with Crippen molar-refractivity contribution in [3.8, 4) is 0 Å². The predicted molar refractivity (Wildman–Crippen MR) is 92.3 cm³/mol. The van der Waals surface area contributed by atoms with Crippen molar-refractivity contribution in [1.82, 2.24) is 14.8 Å². The predicted octanol–water partition coefficient (Wildman–Crippen LogP) is 3.07. The van der Waals surface area contributed by atoms with Gasteiger partial charge in [-0.2, -0.15) is 0 Å². The molecule has 2 saturated heterocycles. The molecule has 0 radical (unpaired) electrons. The Labute approximate surface area is 146 Å². The number of hydrogen-bond acceptors (Lipinski definition) is 5. The molecule has 1 aromatic heterocycles. The number of nitrogens with zero attached hydrogens (tertiary/aromatic N) is 3. The van der Waals surface area contributed by atoms with Gasteiger partial charge in [-0.25, -0.2) is 9.78 Å². The van der Waals surface area contributed by atoms with E-state index in [0.29, 0.717) is 37.4 Å². The molecule has 0 saturated carbocycles. The van der Waals surface area contributed by atoms with Crippen LogP contribution in [0, 0.1) is 6.92 Å². The summed E-state index contributed by atoms with van der Waals surface area (Å²) in [6, 6.07) is 0.210. The van der Waals surface area contributed by atoms with Gasteiger partial charge < -0.3 is 14.5 Å². The number of likely N-dealkylation sites (tertiary alicyclic amines) is 1. The minimum absolute atomic E-state index is 0.0466. The Kier molecular flexibility index (Phi) is 4.80. The van der Waals surface area contributed by atoms with E-state index in [1.807, 2.05) is 16.7 Å². The van der Waals surface area contributed by atoms with Gasteiger partial charge in [0.2, 0.25) is 0 Å². The summed E-state index contributed by atoms with van der Waals surface area (Å²) in [5.74, 6) is 0.0466. The number of thiazole rings is 1. The van der Waals surface area contributed by atoms with Crippen LogP contribution in [-0.4, -0.2) is 58.1 Å². The molecule has 0 aromatic carbocycles. The van der Waals surface area contributed by atoms with Crippen molar-refractivity contribution in [2.45, 2.75) is 58.1 Å². The standard InChI is InChI=1S/C17H25N3O3S/c1-4-5-12(2)20-10-17(23-16(20)22)6-8-19(9-7-17)15(21)14-13(3)18-11-24-14/h11-12H,4-10H2,1-3H3/t12-/m1/s1. The van der Waals surface area contributed by atoms with Crippen LogP contribution in [0.15, 0.2) is 5.51 Å². The molecule has 3 rings (SSSR count). The van der Waals surface area contributed by atoms with E-state index in [4.69, 9.17) is 4.74 Å². The Morgan fingerprint density at radius 2 is 2.17 bits per heavy atom. The second-order valence-electron chi connectivity index (χ2n) is 6.88. The number of piperidine rings is 1. The van der Waals surface area contributed by atoms with Gasteiger partial charge >= 0.3 is 6.09 Å². The molecule has 2 aliphatic rings. The molecule has 2 fully saturated rings. The molecular weight excluding hydrogens is 326 g/mol. The first-order valence-electron chi connectivity index (χ1n) is 8.65. The van der Waals surface area contributed by atoms with Crippen molar-refractivity contribution in [3.05, 3.63) is 16.1 Å². The molecular formula is C17H25N3O3S. The normalized spacial score (nSPS) is 21.2. The highest BCUT2D eigenvalue weighted by Gasteiger charge is 2.48. The Balaban J connectivity index is 1.62. The minimum atomic E-state index is -0.418. The summed E-state index contributed by atoms with van der Waals surface area (Å²) in [4.78, 5) is 33.4. The lowest BCUT2D eigenvalue weighted by molar-refractivity contribution is 0.00319. The number of amides is 2. The molecule has 0 aliphatic carbocycles. The van der Waals surface area contributed by atoms with Gasteiger partial charge in [0.15, 0.2) is 0 Å². The van der Waals surface area contributed by atoms with Gasteiger partial charge in [0.25, 0.3) is 5.91 Å². The summed E-state index contributed by atoms with van der Waals surface area (Å²) in [6.45, 7) is 7.96.